The largest absolute Gasteiger partial charge is 0.507 e. The van der Waals surface area contributed by atoms with Gasteiger partial charge in [-0.2, -0.15) is 0 Å². The first-order chi connectivity index (χ1) is 18.0. The fraction of sp³-hybridized carbons (Fsp3) is 0.267. The van der Waals surface area contributed by atoms with Crippen LogP contribution in [0.3, 0.4) is 0 Å². The summed E-state index contributed by atoms with van der Waals surface area (Å²) in [6, 6.07) is 20.7. The standard InChI is InChI=1S/C30H31NO6/c1-4-16-37-25-11-7-9-22(18-25)28(32)26-27(21-8-6-10-24(17-21)36-5-2)31(30(34)29(26)33)19-20-12-14-23(35-3)15-13-20/h6-15,17-18,27,32H,4-5,16,19H2,1-3H3/b28-26-. The Morgan fingerprint density at radius 1 is 0.892 bits per heavy atom. The second-order valence-electron chi connectivity index (χ2n) is 8.66. The minimum absolute atomic E-state index is 0.0276. The van der Waals surface area contributed by atoms with Crippen LogP contribution in [0.5, 0.6) is 17.2 Å². The van der Waals surface area contributed by atoms with Crippen LogP contribution in [0.25, 0.3) is 5.76 Å². The molecule has 0 aliphatic carbocycles. The summed E-state index contributed by atoms with van der Waals surface area (Å²) in [6.07, 6.45) is 0.836. The summed E-state index contributed by atoms with van der Waals surface area (Å²) in [4.78, 5) is 28.2. The lowest BCUT2D eigenvalue weighted by atomic mass is 9.95. The van der Waals surface area contributed by atoms with Crippen molar-refractivity contribution >= 4 is 17.4 Å². The van der Waals surface area contributed by atoms with Crippen LogP contribution in [0, 0.1) is 0 Å². The molecule has 0 spiro atoms. The Hall–Kier alpha value is -4.26. The molecule has 3 aromatic rings. The van der Waals surface area contributed by atoms with Gasteiger partial charge in [-0.3, -0.25) is 9.59 Å². The Morgan fingerprint density at radius 3 is 2.27 bits per heavy atom. The predicted octanol–water partition coefficient (Wildman–Crippen LogP) is 5.50. The predicted molar refractivity (Wildman–Crippen MR) is 141 cm³/mol. The van der Waals surface area contributed by atoms with Crippen molar-refractivity contribution in [3.63, 3.8) is 0 Å². The average Bonchev–Trinajstić information content (AvgIpc) is 3.17. The summed E-state index contributed by atoms with van der Waals surface area (Å²) in [6.45, 7) is 5.07. The van der Waals surface area contributed by atoms with Crippen LogP contribution in [0.1, 0.15) is 43.0 Å². The molecule has 1 unspecified atom stereocenters. The van der Waals surface area contributed by atoms with Gasteiger partial charge in [0.1, 0.15) is 23.0 Å². The van der Waals surface area contributed by atoms with Crippen molar-refractivity contribution < 1.29 is 28.9 Å². The lowest BCUT2D eigenvalue weighted by Crippen LogP contribution is -2.29. The van der Waals surface area contributed by atoms with Crippen LogP contribution in [-0.4, -0.2) is 42.0 Å². The van der Waals surface area contributed by atoms with E-state index in [-0.39, 0.29) is 17.9 Å². The van der Waals surface area contributed by atoms with Crippen molar-refractivity contribution in [3.8, 4) is 17.2 Å². The number of hydrogen-bond acceptors (Lipinski definition) is 6. The van der Waals surface area contributed by atoms with Gasteiger partial charge in [0.2, 0.25) is 0 Å². The fourth-order valence-corrected chi connectivity index (χ4v) is 4.37. The summed E-state index contributed by atoms with van der Waals surface area (Å²) in [5, 5.41) is 11.4. The molecule has 1 atom stereocenters. The summed E-state index contributed by atoms with van der Waals surface area (Å²) >= 11 is 0. The number of Topliss-reactive ketones (excluding diaryl/α,β-unsaturated/α-hetero) is 1. The first kappa shape index (κ1) is 25.8. The molecule has 7 heteroatoms. The highest BCUT2D eigenvalue weighted by atomic mass is 16.5. The van der Waals surface area contributed by atoms with E-state index in [1.54, 1.807) is 49.6 Å². The SMILES string of the molecule is CCCOc1cccc(/C(O)=C2/C(=O)C(=O)N(Cc3ccc(OC)cc3)C2c2cccc(OCC)c2)c1. The highest BCUT2D eigenvalue weighted by Crippen LogP contribution is 2.41. The Labute approximate surface area is 216 Å². The summed E-state index contributed by atoms with van der Waals surface area (Å²) < 4.78 is 16.6. The molecule has 0 aromatic heterocycles. The van der Waals surface area contributed by atoms with Crippen molar-refractivity contribution in [1.82, 2.24) is 4.90 Å². The van der Waals surface area contributed by atoms with Gasteiger partial charge in [-0.15, -0.1) is 0 Å². The fourth-order valence-electron chi connectivity index (χ4n) is 4.37. The number of nitrogens with zero attached hydrogens (tertiary/aromatic N) is 1. The van der Waals surface area contributed by atoms with E-state index in [4.69, 9.17) is 14.2 Å². The quantitative estimate of drug-likeness (QED) is 0.224. The van der Waals surface area contributed by atoms with Crippen molar-refractivity contribution in [1.29, 1.82) is 0 Å². The van der Waals surface area contributed by atoms with E-state index in [0.717, 1.165) is 12.0 Å². The van der Waals surface area contributed by atoms with Gasteiger partial charge in [0, 0.05) is 12.1 Å². The molecule has 1 fully saturated rings. The van der Waals surface area contributed by atoms with Gasteiger partial charge in [0.25, 0.3) is 11.7 Å². The van der Waals surface area contributed by atoms with Crippen molar-refractivity contribution in [3.05, 3.63) is 95.1 Å². The lowest BCUT2D eigenvalue weighted by molar-refractivity contribution is -0.140. The normalized spacial score (nSPS) is 16.6. The number of benzene rings is 3. The van der Waals surface area contributed by atoms with Crippen molar-refractivity contribution in [2.24, 2.45) is 0 Å². The van der Waals surface area contributed by atoms with E-state index in [0.29, 0.717) is 41.6 Å². The smallest absolute Gasteiger partial charge is 0.295 e. The number of carbonyl (C=O) groups excluding carboxylic acids is 2. The number of amides is 1. The molecule has 0 radical (unpaired) electrons. The molecule has 1 heterocycles. The summed E-state index contributed by atoms with van der Waals surface area (Å²) in [5.41, 5.74) is 1.92. The average molecular weight is 502 g/mol. The molecule has 192 valence electrons. The molecule has 0 bridgehead atoms. The Morgan fingerprint density at radius 2 is 1.59 bits per heavy atom. The van der Waals surface area contributed by atoms with Crippen molar-refractivity contribution in [2.75, 3.05) is 20.3 Å². The maximum Gasteiger partial charge on any atom is 0.295 e. The molecule has 0 saturated carbocycles. The number of ether oxygens (including phenoxy) is 3. The maximum absolute atomic E-state index is 13.4. The monoisotopic (exact) mass is 501 g/mol. The lowest BCUT2D eigenvalue weighted by Gasteiger charge is -2.26. The molecule has 1 aliphatic heterocycles. The van der Waals surface area contributed by atoms with E-state index in [9.17, 15) is 14.7 Å². The molecule has 4 rings (SSSR count). The van der Waals surface area contributed by atoms with Gasteiger partial charge in [-0.05, 0) is 60.9 Å². The van der Waals surface area contributed by atoms with E-state index in [2.05, 4.69) is 0 Å². The van der Waals surface area contributed by atoms with Gasteiger partial charge in [0.15, 0.2) is 0 Å². The molecule has 7 nitrogen and oxygen atoms in total. The van der Waals surface area contributed by atoms with Crippen LogP contribution in [0.15, 0.2) is 78.4 Å². The number of aliphatic hydroxyl groups is 1. The molecule has 1 aliphatic rings. The van der Waals surface area contributed by atoms with Crippen molar-refractivity contribution in [2.45, 2.75) is 32.9 Å². The molecular weight excluding hydrogens is 470 g/mol. The highest BCUT2D eigenvalue weighted by molar-refractivity contribution is 6.46. The third kappa shape index (κ3) is 5.61. The van der Waals surface area contributed by atoms with Crippen LogP contribution >= 0.6 is 0 Å². The zero-order chi connectivity index (χ0) is 26.4. The Bertz CT molecular complexity index is 1300. The number of carbonyl (C=O) groups is 2. The topological polar surface area (TPSA) is 85.3 Å². The van der Waals surface area contributed by atoms with Gasteiger partial charge in [-0.25, -0.2) is 0 Å². The van der Waals surface area contributed by atoms with Crippen LogP contribution in [0.2, 0.25) is 0 Å². The molecule has 1 saturated heterocycles. The molecule has 37 heavy (non-hydrogen) atoms. The third-order valence-electron chi connectivity index (χ3n) is 6.12. The van der Waals surface area contributed by atoms with Gasteiger partial charge < -0.3 is 24.2 Å². The Balaban J connectivity index is 1.81. The third-order valence-corrected chi connectivity index (χ3v) is 6.12. The highest BCUT2D eigenvalue weighted by Gasteiger charge is 2.46. The summed E-state index contributed by atoms with van der Waals surface area (Å²) in [5.74, 6) is 0.222. The first-order valence-electron chi connectivity index (χ1n) is 12.3. The first-order valence-corrected chi connectivity index (χ1v) is 12.3. The van der Waals surface area contributed by atoms with Crippen LogP contribution in [0.4, 0.5) is 0 Å². The molecule has 1 amide bonds. The van der Waals surface area contributed by atoms with Gasteiger partial charge in [0.05, 0.1) is 31.9 Å². The Kier molecular flexibility index (Phi) is 8.13. The number of hydrogen-bond donors (Lipinski definition) is 1. The second kappa shape index (κ2) is 11.6. The van der Waals surface area contributed by atoms with Gasteiger partial charge >= 0.3 is 0 Å². The van der Waals surface area contributed by atoms with Crippen LogP contribution in [-0.2, 0) is 16.1 Å². The van der Waals surface area contributed by atoms with E-state index >= 15 is 0 Å². The number of rotatable bonds is 10. The summed E-state index contributed by atoms with van der Waals surface area (Å²) in [7, 11) is 1.58. The van der Waals surface area contributed by atoms with E-state index in [1.165, 1.54) is 4.90 Å². The van der Waals surface area contributed by atoms with Gasteiger partial charge in [-0.1, -0.05) is 43.3 Å². The number of aliphatic hydroxyl groups excluding tert-OH is 1. The minimum atomic E-state index is -0.803. The number of methoxy groups -OCH3 is 1. The minimum Gasteiger partial charge on any atom is -0.507 e. The zero-order valence-corrected chi connectivity index (χ0v) is 21.3. The molecular formula is C30H31NO6. The second-order valence-corrected chi connectivity index (χ2v) is 8.66. The van der Waals surface area contributed by atoms with Crippen LogP contribution < -0.4 is 14.2 Å². The molecule has 1 N–H and O–H groups in total. The van der Waals surface area contributed by atoms with E-state index in [1.807, 2.05) is 44.2 Å². The number of likely N-dealkylation sites (tertiary alicyclic amines) is 1. The number of ketones is 1. The zero-order valence-electron chi connectivity index (χ0n) is 21.3. The molecule has 3 aromatic carbocycles. The maximum atomic E-state index is 13.4. The van der Waals surface area contributed by atoms with E-state index < -0.39 is 17.7 Å².